The second-order valence-corrected chi connectivity index (χ2v) is 2.93. The molecule has 2 N–H and O–H groups in total. The van der Waals surface area contributed by atoms with Crippen molar-refractivity contribution in [2.75, 3.05) is 7.11 Å². The first-order valence-electron chi connectivity index (χ1n) is 3.01. The Morgan fingerprint density at radius 1 is 1.42 bits per heavy atom. The lowest BCUT2D eigenvalue weighted by molar-refractivity contribution is 0.331. The third kappa shape index (κ3) is 1.32. The normalized spacial score (nSPS) is 9.92. The predicted octanol–water partition coefficient (Wildman–Crippen LogP) is 2.01. The van der Waals surface area contributed by atoms with Crippen LogP contribution in [-0.2, 0) is 0 Å². The first-order valence-corrected chi connectivity index (χ1v) is 3.81. The van der Waals surface area contributed by atoms with E-state index < -0.39 is 11.6 Å². The average molecular weight is 237 g/mol. The minimum absolute atomic E-state index is 0.134. The Morgan fingerprint density at radius 3 is 2.50 bits per heavy atom. The summed E-state index contributed by atoms with van der Waals surface area (Å²) < 4.78 is 17.4. The lowest BCUT2D eigenvalue weighted by Gasteiger charge is -2.07. The molecule has 0 aromatic heterocycles. The third-order valence-electron chi connectivity index (χ3n) is 1.34. The van der Waals surface area contributed by atoms with E-state index in [4.69, 9.17) is 5.11 Å². The molecular weight excluding hydrogens is 231 g/mol. The molecule has 3 nitrogen and oxygen atoms in total. The molecule has 12 heavy (non-hydrogen) atoms. The summed E-state index contributed by atoms with van der Waals surface area (Å²) in [6.45, 7) is 0. The highest BCUT2D eigenvalue weighted by atomic mass is 79.9. The number of methoxy groups -OCH3 is 1. The minimum Gasteiger partial charge on any atom is -0.503 e. The number of hydrogen-bond donors (Lipinski definition) is 2. The number of halogens is 2. The number of phenolic OH excluding ortho intramolecular Hbond substituents is 2. The van der Waals surface area contributed by atoms with Gasteiger partial charge in [-0.25, -0.2) is 4.39 Å². The van der Waals surface area contributed by atoms with E-state index in [-0.39, 0.29) is 16.0 Å². The Bertz CT molecular complexity index is 288. The van der Waals surface area contributed by atoms with Crippen molar-refractivity contribution in [1.82, 2.24) is 0 Å². The van der Waals surface area contributed by atoms with Gasteiger partial charge in [0.2, 0.25) is 5.75 Å². The van der Waals surface area contributed by atoms with Crippen molar-refractivity contribution in [3.8, 4) is 17.2 Å². The van der Waals surface area contributed by atoms with E-state index in [0.717, 1.165) is 6.07 Å². The average Bonchev–Trinajstić information content (AvgIpc) is 2.02. The van der Waals surface area contributed by atoms with Crippen LogP contribution in [0.5, 0.6) is 17.2 Å². The fourth-order valence-electron chi connectivity index (χ4n) is 0.770. The Kier molecular flexibility index (Phi) is 2.42. The summed E-state index contributed by atoms with van der Waals surface area (Å²) in [4.78, 5) is 0. The highest BCUT2D eigenvalue weighted by Crippen LogP contribution is 2.42. The molecule has 5 heteroatoms. The molecule has 0 saturated heterocycles. The number of phenols is 2. The Hall–Kier alpha value is -0.970. The van der Waals surface area contributed by atoms with E-state index in [1.54, 1.807) is 0 Å². The summed E-state index contributed by atoms with van der Waals surface area (Å²) in [6.07, 6.45) is 0. The summed E-state index contributed by atoms with van der Waals surface area (Å²) in [5, 5.41) is 18.2. The maximum Gasteiger partial charge on any atom is 0.207 e. The maximum absolute atomic E-state index is 12.7. The molecule has 0 aliphatic carbocycles. The summed E-state index contributed by atoms with van der Waals surface area (Å²) >= 11 is 2.89. The molecule has 0 fully saturated rings. The van der Waals surface area contributed by atoms with Crippen LogP contribution in [0.4, 0.5) is 4.39 Å². The number of rotatable bonds is 1. The topological polar surface area (TPSA) is 49.7 Å². The van der Waals surface area contributed by atoms with Crippen molar-refractivity contribution >= 4 is 15.9 Å². The van der Waals surface area contributed by atoms with Gasteiger partial charge in [0.05, 0.1) is 11.6 Å². The first kappa shape index (κ1) is 9.12. The van der Waals surface area contributed by atoms with Crippen LogP contribution >= 0.6 is 15.9 Å². The number of aromatic hydroxyl groups is 2. The lowest BCUT2D eigenvalue weighted by atomic mass is 10.3. The summed E-state index contributed by atoms with van der Waals surface area (Å²) in [5.41, 5.74) is 0. The van der Waals surface area contributed by atoms with Gasteiger partial charge in [-0.3, -0.25) is 0 Å². The van der Waals surface area contributed by atoms with Crippen molar-refractivity contribution in [2.45, 2.75) is 0 Å². The molecule has 1 aromatic carbocycles. The largest absolute Gasteiger partial charge is 0.503 e. The van der Waals surface area contributed by atoms with Gasteiger partial charge in [0.15, 0.2) is 17.3 Å². The Morgan fingerprint density at radius 2 is 2.00 bits per heavy atom. The Balaban J connectivity index is 3.42. The second kappa shape index (κ2) is 3.18. The molecule has 0 aliphatic heterocycles. The molecule has 0 aliphatic rings. The van der Waals surface area contributed by atoms with E-state index in [0.29, 0.717) is 0 Å². The summed E-state index contributed by atoms with van der Waals surface area (Å²) in [5.74, 6) is -2.15. The standard InChI is InChI=1S/C7H6BrFO3/c1-12-7-5(10)3(8)2-4(9)6(7)11/h2,10-11H,1H3. The van der Waals surface area contributed by atoms with Crippen LogP contribution in [0.1, 0.15) is 0 Å². The second-order valence-electron chi connectivity index (χ2n) is 2.07. The summed E-state index contributed by atoms with van der Waals surface area (Å²) in [7, 11) is 1.22. The van der Waals surface area contributed by atoms with Gasteiger partial charge in [-0.05, 0) is 22.0 Å². The van der Waals surface area contributed by atoms with E-state index in [9.17, 15) is 9.50 Å². The van der Waals surface area contributed by atoms with Crippen molar-refractivity contribution in [3.63, 3.8) is 0 Å². The predicted molar refractivity (Wildman–Crippen MR) is 44.0 cm³/mol. The van der Waals surface area contributed by atoms with Gasteiger partial charge in [0.1, 0.15) is 0 Å². The number of hydrogen-bond acceptors (Lipinski definition) is 3. The van der Waals surface area contributed by atoms with Gasteiger partial charge < -0.3 is 14.9 Å². The smallest absolute Gasteiger partial charge is 0.207 e. The van der Waals surface area contributed by atoms with E-state index in [1.807, 2.05) is 0 Å². The molecule has 0 spiro atoms. The highest BCUT2D eigenvalue weighted by Gasteiger charge is 2.16. The quantitative estimate of drug-likeness (QED) is 0.785. The zero-order chi connectivity index (χ0) is 9.30. The van der Waals surface area contributed by atoms with Gasteiger partial charge in [-0.2, -0.15) is 0 Å². The fraction of sp³-hybridized carbons (Fsp3) is 0.143. The zero-order valence-electron chi connectivity index (χ0n) is 6.14. The van der Waals surface area contributed by atoms with E-state index >= 15 is 0 Å². The molecule has 0 atom stereocenters. The summed E-state index contributed by atoms with van der Waals surface area (Å²) in [6, 6.07) is 0.952. The molecule has 0 heterocycles. The first-order chi connectivity index (χ1) is 5.57. The molecule has 0 unspecified atom stereocenters. The van der Waals surface area contributed by atoms with E-state index in [1.165, 1.54) is 7.11 Å². The highest BCUT2D eigenvalue weighted by molar-refractivity contribution is 9.10. The van der Waals surface area contributed by atoms with Crippen LogP contribution in [0, 0.1) is 5.82 Å². The maximum atomic E-state index is 12.7. The molecule has 0 bridgehead atoms. The number of ether oxygens (including phenoxy) is 1. The van der Waals surface area contributed by atoms with Gasteiger partial charge in [0, 0.05) is 0 Å². The van der Waals surface area contributed by atoms with Crippen LogP contribution in [0.15, 0.2) is 10.5 Å². The van der Waals surface area contributed by atoms with Gasteiger partial charge in [-0.1, -0.05) is 0 Å². The molecule has 0 saturated carbocycles. The van der Waals surface area contributed by atoms with Crippen LogP contribution < -0.4 is 4.74 Å². The van der Waals surface area contributed by atoms with Crippen molar-refractivity contribution in [2.24, 2.45) is 0 Å². The van der Waals surface area contributed by atoms with Crippen molar-refractivity contribution in [3.05, 3.63) is 16.4 Å². The number of benzene rings is 1. The van der Waals surface area contributed by atoms with Crippen LogP contribution in [0.25, 0.3) is 0 Å². The third-order valence-corrected chi connectivity index (χ3v) is 1.94. The SMILES string of the molecule is COc1c(O)c(F)cc(Br)c1O. The molecule has 66 valence electrons. The lowest BCUT2D eigenvalue weighted by Crippen LogP contribution is -1.88. The molecular formula is C7H6BrFO3. The fourth-order valence-corrected chi connectivity index (χ4v) is 1.15. The van der Waals surface area contributed by atoms with Crippen molar-refractivity contribution in [1.29, 1.82) is 0 Å². The van der Waals surface area contributed by atoms with E-state index in [2.05, 4.69) is 20.7 Å². The zero-order valence-corrected chi connectivity index (χ0v) is 7.72. The van der Waals surface area contributed by atoms with Gasteiger partial charge in [0.25, 0.3) is 0 Å². The minimum atomic E-state index is -0.850. The van der Waals surface area contributed by atoms with Crippen LogP contribution in [0.2, 0.25) is 0 Å². The van der Waals surface area contributed by atoms with Crippen LogP contribution in [0.3, 0.4) is 0 Å². The molecule has 0 radical (unpaired) electrons. The molecule has 1 aromatic rings. The van der Waals surface area contributed by atoms with Gasteiger partial charge in [-0.15, -0.1) is 0 Å². The van der Waals surface area contributed by atoms with Gasteiger partial charge >= 0.3 is 0 Å². The molecule has 0 amide bonds. The van der Waals surface area contributed by atoms with Crippen LogP contribution in [-0.4, -0.2) is 17.3 Å². The monoisotopic (exact) mass is 236 g/mol. The Labute approximate surface area is 76.5 Å². The molecule has 1 rings (SSSR count). The van der Waals surface area contributed by atoms with Crippen molar-refractivity contribution < 1.29 is 19.3 Å².